The molecule has 5 nitrogen and oxygen atoms in total. The number of hydrogen-bond donors (Lipinski definition) is 3. The lowest BCUT2D eigenvalue weighted by Crippen LogP contribution is -2.28. The van der Waals surface area contributed by atoms with Gasteiger partial charge in [-0.25, -0.2) is 4.98 Å². The number of para-hydroxylation sites is 2. The van der Waals surface area contributed by atoms with Crippen molar-refractivity contribution in [2.75, 3.05) is 5.32 Å². The highest BCUT2D eigenvalue weighted by Gasteiger charge is 2.26. The van der Waals surface area contributed by atoms with E-state index < -0.39 is 0 Å². The summed E-state index contributed by atoms with van der Waals surface area (Å²) in [6.07, 6.45) is 3.70. The molecule has 2 atom stereocenters. The number of fused-ring (bicyclic) bond motifs is 1. The number of imidazole rings is 1. The molecule has 0 radical (unpaired) electrons. The number of benzene rings is 2. The van der Waals surface area contributed by atoms with Crippen molar-refractivity contribution < 1.29 is 4.79 Å². The SMILES string of the molecule is Cl.Cl.N[C@@H]1CCC[C@H]1CC(=O)Nc1cccc(-c2nc3ccccc3[nH]2)c1. The maximum Gasteiger partial charge on any atom is 0.224 e. The van der Waals surface area contributed by atoms with Gasteiger partial charge in [0.25, 0.3) is 0 Å². The molecule has 1 heterocycles. The first-order valence-corrected chi connectivity index (χ1v) is 8.80. The Morgan fingerprint density at radius 2 is 1.96 bits per heavy atom. The third-order valence-corrected chi connectivity index (χ3v) is 4.97. The number of halogens is 2. The van der Waals surface area contributed by atoms with Crippen LogP contribution in [-0.2, 0) is 4.79 Å². The summed E-state index contributed by atoms with van der Waals surface area (Å²) >= 11 is 0. The van der Waals surface area contributed by atoms with Gasteiger partial charge < -0.3 is 16.0 Å². The van der Waals surface area contributed by atoms with Gasteiger partial charge in [0.15, 0.2) is 0 Å². The molecule has 4 rings (SSSR count). The van der Waals surface area contributed by atoms with Gasteiger partial charge in [0.05, 0.1) is 11.0 Å². The number of carbonyl (C=O) groups is 1. The summed E-state index contributed by atoms with van der Waals surface area (Å²) in [5.74, 6) is 1.14. The predicted octanol–water partition coefficient (Wildman–Crippen LogP) is 4.53. The van der Waals surface area contributed by atoms with Gasteiger partial charge in [0.2, 0.25) is 5.91 Å². The molecule has 3 aromatic rings. The van der Waals surface area contributed by atoms with Crippen molar-refractivity contribution in [3.63, 3.8) is 0 Å². The molecule has 0 aliphatic heterocycles. The molecular weight excluding hydrogens is 383 g/mol. The largest absolute Gasteiger partial charge is 0.338 e. The van der Waals surface area contributed by atoms with Crippen molar-refractivity contribution in [3.8, 4) is 11.4 Å². The third kappa shape index (κ3) is 4.80. The van der Waals surface area contributed by atoms with E-state index in [1.165, 1.54) is 0 Å². The summed E-state index contributed by atoms with van der Waals surface area (Å²) in [6.45, 7) is 0. The predicted molar refractivity (Wildman–Crippen MR) is 115 cm³/mol. The molecule has 1 aromatic heterocycles. The molecule has 4 N–H and O–H groups in total. The fourth-order valence-corrected chi connectivity index (χ4v) is 3.60. The number of hydrogen-bond acceptors (Lipinski definition) is 3. The van der Waals surface area contributed by atoms with E-state index in [4.69, 9.17) is 5.73 Å². The fourth-order valence-electron chi connectivity index (χ4n) is 3.60. The lowest BCUT2D eigenvalue weighted by atomic mass is 10.00. The topological polar surface area (TPSA) is 83.8 Å². The standard InChI is InChI=1S/C20H22N4O.2ClH/c21-16-8-4-5-13(16)12-19(25)22-15-7-3-6-14(11-15)20-23-17-9-1-2-10-18(17)24-20;;/h1-3,6-7,9-11,13,16H,4-5,8,12,21H2,(H,22,25)(H,23,24);2*1H/t13-,16+;;/m0../s1. The van der Waals surface area contributed by atoms with Gasteiger partial charge in [0.1, 0.15) is 5.82 Å². The Labute approximate surface area is 171 Å². The van der Waals surface area contributed by atoms with Crippen LogP contribution in [0.5, 0.6) is 0 Å². The first kappa shape index (κ1) is 21.2. The van der Waals surface area contributed by atoms with Crippen LogP contribution in [-0.4, -0.2) is 21.9 Å². The zero-order chi connectivity index (χ0) is 17.2. The van der Waals surface area contributed by atoms with Crippen LogP contribution < -0.4 is 11.1 Å². The number of anilines is 1. The molecule has 0 saturated heterocycles. The number of carbonyl (C=O) groups excluding carboxylic acids is 1. The van der Waals surface area contributed by atoms with Gasteiger partial charge in [-0.1, -0.05) is 30.7 Å². The van der Waals surface area contributed by atoms with Crippen LogP contribution in [0.4, 0.5) is 5.69 Å². The molecular formula is C20H24Cl2N4O. The van der Waals surface area contributed by atoms with E-state index in [9.17, 15) is 4.79 Å². The zero-order valence-corrected chi connectivity index (χ0v) is 16.5. The molecule has 1 aliphatic rings. The smallest absolute Gasteiger partial charge is 0.224 e. The minimum atomic E-state index is 0. The average Bonchev–Trinajstić information content (AvgIpc) is 3.21. The second-order valence-electron chi connectivity index (χ2n) is 6.79. The number of nitrogens with two attached hydrogens (primary N) is 1. The Kier molecular flexibility index (Phi) is 7.25. The summed E-state index contributed by atoms with van der Waals surface area (Å²) in [4.78, 5) is 20.2. The quantitative estimate of drug-likeness (QED) is 0.594. The monoisotopic (exact) mass is 406 g/mol. The number of aromatic nitrogens is 2. The fraction of sp³-hybridized carbons (Fsp3) is 0.300. The van der Waals surface area contributed by atoms with Gasteiger partial charge in [-0.3, -0.25) is 4.79 Å². The van der Waals surface area contributed by atoms with E-state index in [-0.39, 0.29) is 36.8 Å². The maximum absolute atomic E-state index is 12.3. The van der Waals surface area contributed by atoms with Crippen molar-refractivity contribution in [1.29, 1.82) is 0 Å². The second-order valence-corrected chi connectivity index (χ2v) is 6.79. The Hall–Kier alpha value is -2.08. The van der Waals surface area contributed by atoms with Crippen LogP contribution in [0.15, 0.2) is 48.5 Å². The van der Waals surface area contributed by atoms with Gasteiger partial charge in [0, 0.05) is 23.7 Å². The third-order valence-electron chi connectivity index (χ3n) is 4.97. The maximum atomic E-state index is 12.3. The Morgan fingerprint density at radius 1 is 1.15 bits per heavy atom. The molecule has 0 spiro atoms. The lowest BCUT2D eigenvalue weighted by Gasteiger charge is -2.15. The first-order valence-electron chi connectivity index (χ1n) is 8.80. The zero-order valence-electron chi connectivity index (χ0n) is 14.9. The van der Waals surface area contributed by atoms with Crippen LogP contribution in [0, 0.1) is 5.92 Å². The Balaban J connectivity index is 0.00000131. The Morgan fingerprint density at radius 3 is 2.70 bits per heavy atom. The number of H-pyrrole nitrogens is 1. The molecule has 1 amide bonds. The van der Waals surface area contributed by atoms with Crippen molar-refractivity contribution in [2.45, 2.75) is 31.7 Å². The second kappa shape index (κ2) is 9.22. The van der Waals surface area contributed by atoms with Crippen LogP contribution in [0.1, 0.15) is 25.7 Å². The summed E-state index contributed by atoms with van der Waals surface area (Å²) in [6, 6.07) is 15.9. The van der Waals surface area contributed by atoms with Crippen LogP contribution in [0.25, 0.3) is 22.4 Å². The summed E-state index contributed by atoms with van der Waals surface area (Å²) in [5.41, 5.74) is 9.74. The van der Waals surface area contributed by atoms with Gasteiger partial charge >= 0.3 is 0 Å². The van der Waals surface area contributed by atoms with Gasteiger partial charge in [-0.15, -0.1) is 24.8 Å². The molecule has 1 aliphatic carbocycles. The minimum Gasteiger partial charge on any atom is -0.338 e. The molecule has 1 saturated carbocycles. The molecule has 7 heteroatoms. The minimum absolute atomic E-state index is 0. The number of rotatable bonds is 4. The van der Waals surface area contributed by atoms with Crippen LogP contribution >= 0.6 is 24.8 Å². The van der Waals surface area contributed by atoms with Crippen molar-refractivity contribution in [2.24, 2.45) is 11.7 Å². The van der Waals surface area contributed by atoms with E-state index in [0.29, 0.717) is 12.3 Å². The van der Waals surface area contributed by atoms with Gasteiger partial charge in [-0.05, 0) is 43.0 Å². The molecule has 144 valence electrons. The lowest BCUT2D eigenvalue weighted by molar-refractivity contribution is -0.117. The summed E-state index contributed by atoms with van der Waals surface area (Å²) < 4.78 is 0. The van der Waals surface area contributed by atoms with Crippen LogP contribution in [0.3, 0.4) is 0 Å². The van der Waals surface area contributed by atoms with E-state index in [1.807, 2.05) is 48.5 Å². The van der Waals surface area contributed by atoms with Crippen molar-refractivity contribution in [3.05, 3.63) is 48.5 Å². The van der Waals surface area contributed by atoms with Gasteiger partial charge in [-0.2, -0.15) is 0 Å². The highest BCUT2D eigenvalue weighted by molar-refractivity contribution is 5.91. The average molecular weight is 407 g/mol. The summed E-state index contributed by atoms with van der Waals surface area (Å²) in [5, 5.41) is 3.00. The molecule has 2 aromatic carbocycles. The molecule has 0 bridgehead atoms. The number of aromatic amines is 1. The Bertz CT molecular complexity index is 879. The van der Waals surface area contributed by atoms with E-state index >= 15 is 0 Å². The number of nitrogens with one attached hydrogen (secondary N) is 2. The first-order chi connectivity index (χ1) is 12.2. The normalized spacial score (nSPS) is 18.6. The van der Waals surface area contributed by atoms with Crippen molar-refractivity contribution >= 4 is 47.4 Å². The molecule has 1 fully saturated rings. The van der Waals surface area contributed by atoms with Crippen LogP contribution in [0.2, 0.25) is 0 Å². The van der Waals surface area contributed by atoms with Crippen molar-refractivity contribution in [1.82, 2.24) is 9.97 Å². The summed E-state index contributed by atoms with van der Waals surface area (Å²) in [7, 11) is 0. The highest BCUT2D eigenvalue weighted by Crippen LogP contribution is 2.28. The number of amides is 1. The molecule has 0 unspecified atom stereocenters. The molecule has 27 heavy (non-hydrogen) atoms. The van der Waals surface area contributed by atoms with E-state index in [1.54, 1.807) is 0 Å². The highest BCUT2D eigenvalue weighted by atomic mass is 35.5. The number of nitrogens with zero attached hydrogens (tertiary/aromatic N) is 1. The van der Waals surface area contributed by atoms with E-state index in [0.717, 1.165) is 47.4 Å². The van der Waals surface area contributed by atoms with E-state index in [2.05, 4.69) is 15.3 Å².